The molecule has 1 amide bonds. The van der Waals surface area contributed by atoms with Crippen molar-refractivity contribution in [1.82, 2.24) is 5.32 Å². The van der Waals surface area contributed by atoms with Gasteiger partial charge >= 0.3 is 0 Å². The van der Waals surface area contributed by atoms with E-state index in [1.807, 2.05) is 31.2 Å². The summed E-state index contributed by atoms with van der Waals surface area (Å²) in [6.07, 6.45) is 1.03. The maximum Gasteiger partial charge on any atom is 0.238 e. The van der Waals surface area contributed by atoms with E-state index in [-0.39, 0.29) is 5.91 Å². The van der Waals surface area contributed by atoms with Crippen LogP contribution >= 0.6 is 0 Å². The van der Waals surface area contributed by atoms with Gasteiger partial charge in [-0.05, 0) is 38.0 Å². The predicted molar refractivity (Wildman–Crippen MR) is 67.6 cm³/mol. The minimum Gasteiger partial charge on any atom is -0.325 e. The number of anilines is 1. The first-order valence-electron chi connectivity index (χ1n) is 5.71. The molecule has 0 unspecified atom stereocenters. The number of rotatable bonds is 5. The number of carbonyl (C=O) groups excluding carboxylic acids is 1. The van der Waals surface area contributed by atoms with E-state index in [0.29, 0.717) is 12.6 Å². The molecular weight excluding hydrogens is 200 g/mol. The summed E-state index contributed by atoms with van der Waals surface area (Å²) < 4.78 is 0. The van der Waals surface area contributed by atoms with Crippen LogP contribution in [0.3, 0.4) is 0 Å². The van der Waals surface area contributed by atoms with Gasteiger partial charge in [-0.1, -0.05) is 19.1 Å². The Hall–Kier alpha value is -1.35. The largest absolute Gasteiger partial charge is 0.325 e. The molecule has 0 saturated carbocycles. The molecule has 88 valence electrons. The lowest BCUT2D eigenvalue weighted by Crippen LogP contribution is -2.33. The summed E-state index contributed by atoms with van der Waals surface area (Å²) in [5.41, 5.74) is 2.00. The molecule has 3 nitrogen and oxygen atoms in total. The van der Waals surface area contributed by atoms with E-state index in [4.69, 9.17) is 0 Å². The van der Waals surface area contributed by atoms with Gasteiger partial charge in [-0.25, -0.2) is 0 Å². The van der Waals surface area contributed by atoms with E-state index < -0.39 is 0 Å². The number of aryl methyl sites for hydroxylation is 1. The van der Waals surface area contributed by atoms with Crippen molar-refractivity contribution in [2.45, 2.75) is 33.2 Å². The van der Waals surface area contributed by atoms with Crippen molar-refractivity contribution in [2.75, 3.05) is 11.9 Å². The lowest BCUT2D eigenvalue weighted by atomic mass is 10.2. The van der Waals surface area contributed by atoms with Crippen LogP contribution in [0.4, 0.5) is 5.69 Å². The zero-order valence-electron chi connectivity index (χ0n) is 10.2. The summed E-state index contributed by atoms with van der Waals surface area (Å²) in [4.78, 5) is 11.6. The van der Waals surface area contributed by atoms with Gasteiger partial charge in [0.15, 0.2) is 0 Å². The van der Waals surface area contributed by atoms with E-state index in [0.717, 1.165) is 17.7 Å². The number of hydrogen-bond acceptors (Lipinski definition) is 2. The summed E-state index contributed by atoms with van der Waals surface area (Å²) >= 11 is 0. The Morgan fingerprint density at radius 2 is 2.19 bits per heavy atom. The molecular formula is C13H20N2O. The number of nitrogens with one attached hydrogen (secondary N) is 2. The monoisotopic (exact) mass is 220 g/mol. The highest BCUT2D eigenvalue weighted by atomic mass is 16.1. The van der Waals surface area contributed by atoms with Crippen LogP contribution in [0.5, 0.6) is 0 Å². The van der Waals surface area contributed by atoms with E-state index in [1.54, 1.807) is 0 Å². The number of carbonyl (C=O) groups is 1. The van der Waals surface area contributed by atoms with Gasteiger partial charge in [-0.15, -0.1) is 0 Å². The van der Waals surface area contributed by atoms with Crippen LogP contribution in [0.25, 0.3) is 0 Å². The van der Waals surface area contributed by atoms with Crippen molar-refractivity contribution in [3.63, 3.8) is 0 Å². The van der Waals surface area contributed by atoms with E-state index >= 15 is 0 Å². The Labute approximate surface area is 97.2 Å². The first-order valence-corrected chi connectivity index (χ1v) is 5.71. The highest BCUT2D eigenvalue weighted by molar-refractivity contribution is 5.92. The van der Waals surface area contributed by atoms with E-state index in [1.165, 1.54) is 0 Å². The van der Waals surface area contributed by atoms with Gasteiger partial charge in [0.1, 0.15) is 0 Å². The molecule has 0 fully saturated rings. The van der Waals surface area contributed by atoms with Crippen LogP contribution in [0.1, 0.15) is 25.8 Å². The van der Waals surface area contributed by atoms with Gasteiger partial charge in [0.05, 0.1) is 6.54 Å². The standard InChI is InChI=1S/C13H20N2O/c1-4-11(3)14-9-13(16)15-12-7-5-6-10(2)8-12/h5-8,11,14H,4,9H2,1-3H3,(H,15,16)/t11-/m0/s1. The minimum atomic E-state index is 0.00546. The van der Waals surface area contributed by atoms with Gasteiger partial charge < -0.3 is 10.6 Å². The summed E-state index contributed by atoms with van der Waals surface area (Å²) in [5, 5.41) is 6.02. The Morgan fingerprint density at radius 1 is 1.44 bits per heavy atom. The number of hydrogen-bond donors (Lipinski definition) is 2. The van der Waals surface area contributed by atoms with Crippen LogP contribution in [0.2, 0.25) is 0 Å². The second kappa shape index (κ2) is 6.28. The molecule has 1 rings (SSSR count). The Bertz CT molecular complexity index is 350. The third-order valence-electron chi connectivity index (χ3n) is 2.53. The predicted octanol–water partition coefficient (Wildman–Crippen LogP) is 2.32. The third kappa shape index (κ3) is 4.45. The molecule has 0 aliphatic carbocycles. The fourth-order valence-corrected chi connectivity index (χ4v) is 1.34. The maximum absolute atomic E-state index is 11.6. The Morgan fingerprint density at radius 3 is 2.81 bits per heavy atom. The maximum atomic E-state index is 11.6. The fraction of sp³-hybridized carbons (Fsp3) is 0.462. The summed E-state index contributed by atoms with van der Waals surface area (Å²) in [5.74, 6) is 0.00546. The molecule has 1 atom stereocenters. The number of benzene rings is 1. The quantitative estimate of drug-likeness (QED) is 0.799. The van der Waals surface area contributed by atoms with E-state index in [2.05, 4.69) is 24.5 Å². The van der Waals surface area contributed by atoms with Gasteiger partial charge in [-0.3, -0.25) is 4.79 Å². The summed E-state index contributed by atoms with van der Waals surface area (Å²) in [7, 11) is 0. The molecule has 1 aromatic carbocycles. The SMILES string of the molecule is CC[C@H](C)NCC(=O)Nc1cccc(C)c1. The smallest absolute Gasteiger partial charge is 0.238 e. The summed E-state index contributed by atoms with van der Waals surface area (Å²) in [6, 6.07) is 8.18. The van der Waals surface area contributed by atoms with Crippen LogP contribution in [0.15, 0.2) is 24.3 Å². The molecule has 2 N–H and O–H groups in total. The first-order chi connectivity index (χ1) is 7.61. The molecule has 1 aromatic rings. The molecule has 0 bridgehead atoms. The fourth-order valence-electron chi connectivity index (χ4n) is 1.34. The minimum absolute atomic E-state index is 0.00546. The average molecular weight is 220 g/mol. The third-order valence-corrected chi connectivity index (χ3v) is 2.53. The lowest BCUT2D eigenvalue weighted by Gasteiger charge is -2.11. The molecule has 0 radical (unpaired) electrons. The van der Waals surface area contributed by atoms with Gasteiger partial charge in [-0.2, -0.15) is 0 Å². The van der Waals surface area contributed by atoms with Crippen molar-refractivity contribution in [3.8, 4) is 0 Å². The second-order valence-electron chi connectivity index (χ2n) is 4.11. The molecule has 0 spiro atoms. The molecule has 0 aliphatic heterocycles. The van der Waals surface area contributed by atoms with Gasteiger partial charge in [0.25, 0.3) is 0 Å². The van der Waals surface area contributed by atoms with Gasteiger partial charge in [0, 0.05) is 11.7 Å². The second-order valence-corrected chi connectivity index (χ2v) is 4.11. The molecule has 3 heteroatoms. The molecule has 0 aromatic heterocycles. The summed E-state index contributed by atoms with van der Waals surface area (Å²) in [6.45, 7) is 6.53. The molecule has 16 heavy (non-hydrogen) atoms. The topological polar surface area (TPSA) is 41.1 Å². The first kappa shape index (κ1) is 12.7. The zero-order chi connectivity index (χ0) is 12.0. The van der Waals surface area contributed by atoms with Crippen molar-refractivity contribution in [2.24, 2.45) is 0 Å². The molecule has 0 heterocycles. The van der Waals surface area contributed by atoms with Crippen LogP contribution in [0, 0.1) is 6.92 Å². The Balaban J connectivity index is 2.40. The molecule has 0 saturated heterocycles. The van der Waals surface area contributed by atoms with Crippen LogP contribution < -0.4 is 10.6 Å². The number of amides is 1. The van der Waals surface area contributed by atoms with Crippen LogP contribution in [-0.4, -0.2) is 18.5 Å². The normalized spacial score (nSPS) is 12.2. The van der Waals surface area contributed by atoms with Crippen molar-refractivity contribution in [3.05, 3.63) is 29.8 Å². The average Bonchev–Trinajstić information content (AvgIpc) is 2.26. The molecule has 0 aliphatic rings. The van der Waals surface area contributed by atoms with Crippen molar-refractivity contribution in [1.29, 1.82) is 0 Å². The van der Waals surface area contributed by atoms with Gasteiger partial charge in [0.2, 0.25) is 5.91 Å². The zero-order valence-corrected chi connectivity index (χ0v) is 10.2. The van der Waals surface area contributed by atoms with Crippen LogP contribution in [-0.2, 0) is 4.79 Å². The van der Waals surface area contributed by atoms with Crippen molar-refractivity contribution >= 4 is 11.6 Å². The Kier molecular flexibility index (Phi) is 4.99. The highest BCUT2D eigenvalue weighted by Gasteiger charge is 2.04. The highest BCUT2D eigenvalue weighted by Crippen LogP contribution is 2.08. The lowest BCUT2D eigenvalue weighted by molar-refractivity contribution is -0.115. The van der Waals surface area contributed by atoms with Crippen molar-refractivity contribution < 1.29 is 4.79 Å². The van der Waals surface area contributed by atoms with E-state index in [9.17, 15) is 4.79 Å².